The summed E-state index contributed by atoms with van der Waals surface area (Å²) in [5.74, 6) is 1.31. The van der Waals surface area contributed by atoms with E-state index in [4.69, 9.17) is 4.74 Å². The van der Waals surface area contributed by atoms with E-state index in [0.29, 0.717) is 17.8 Å². The Hall–Kier alpha value is -0.730. The molecule has 0 radical (unpaired) electrons. The number of amides is 1. The summed E-state index contributed by atoms with van der Waals surface area (Å²) in [5, 5.41) is 0. The van der Waals surface area contributed by atoms with Crippen molar-refractivity contribution in [2.24, 2.45) is 17.8 Å². The average Bonchev–Trinajstić information content (AvgIpc) is 2.31. The van der Waals surface area contributed by atoms with Gasteiger partial charge in [0, 0.05) is 13.6 Å². The lowest BCUT2D eigenvalue weighted by molar-refractivity contribution is 0.00890. The summed E-state index contributed by atoms with van der Waals surface area (Å²) < 4.78 is 5.77. The van der Waals surface area contributed by atoms with Crippen LogP contribution in [-0.4, -0.2) is 30.7 Å². The molecule has 0 saturated carbocycles. The van der Waals surface area contributed by atoms with E-state index in [1.165, 1.54) is 0 Å². The second kappa shape index (κ2) is 9.22. The third-order valence-electron chi connectivity index (χ3n) is 3.49. The molecule has 0 aliphatic rings. The Labute approximate surface area is 119 Å². The van der Waals surface area contributed by atoms with E-state index in [1.807, 2.05) is 7.05 Å². The summed E-state index contributed by atoms with van der Waals surface area (Å²) in [4.78, 5) is 13.8. The third-order valence-corrected chi connectivity index (χ3v) is 3.49. The van der Waals surface area contributed by atoms with E-state index < -0.39 is 0 Å². The van der Waals surface area contributed by atoms with Crippen LogP contribution < -0.4 is 0 Å². The minimum atomic E-state index is -0.179. The van der Waals surface area contributed by atoms with Gasteiger partial charge in [-0.05, 0) is 30.6 Å². The minimum Gasteiger partial charge on any atom is -0.446 e. The first kappa shape index (κ1) is 18.3. The van der Waals surface area contributed by atoms with Gasteiger partial charge >= 0.3 is 6.09 Å². The van der Waals surface area contributed by atoms with Crippen LogP contribution in [-0.2, 0) is 4.74 Å². The fourth-order valence-electron chi connectivity index (χ4n) is 2.58. The van der Waals surface area contributed by atoms with Crippen LogP contribution in [0.1, 0.15) is 60.8 Å². The number of carbonyl (C=O) groups is 1. The summed E-state index contributed by atoms with van der Waals surface area (Å²) in [5.41, 5.74) is 0. The highest BCUT2D eigenvalue weighted by Gasteiger charge is 2.27. The molecule has 2 unspecified atom stereocenters. The Kier molecular flexibility index (Phi) is 8.86. The fraction of sp³-hybridized carbons (Fsp3) is 0.938. The Morgan fingerprint density at radius 3 is 2.11 bits per heavy atom. The molecule has 0 aromatic rings. The number of ether oxygens (including phenoxy) is 1. The second-order valence-electron chi connectivity index (χ2n) is 6.32. The van der Waals surface area contributed by atoms with E-state index >= 15 is 0 Å². The van der Waals surface area contributed by atoms with Gasteiger partial charge in [-0.15, -0.1) is 0 Å². The molecular weight excluding hydrogens is 238 g/mol. The zero-order valence-corrected chi connectivity index (χ0v) is 13.9. The largest absolute Gasteiger partial charge is 0.446 e. The van der Waals surface area contributed by atoms with E-state index in [-0.39, 0.29) is 12.2 Å². The topological polar surface area (TPSA) is 29.5 Å². The Morgan fingerprint density at radius 1 is 1.16 bits per heavy atom. The molecule has 3 nitrogen and oxygen atoms in total. The lowest BCUT2D eigenvalue weighted by Gasteiger charge is -2.31. The molecular formula is C16H33NO2. The number of carbonyl (C=O) groups excluding carboxylic acids is 1. The van der Waals surface area contributed by atoms with Gasteiger partial charge in [0.1, 0.15) is 6.10 Å². The summed E-state index contributed by atoms with van der Waals surface area (Å²) in [6, 6.07) is 0. The molecule has 1 amide bonds. The molecule has 0 saturated heterocycles. The van der Waals surface area contributed by atoms with Crippen molar-refractivity contribution in [1.82, 2.24) is 4.90 Å². The molecule has 2 atom stereocenters. The zero-order chi connectivity index (χ0) is 15.0. The number of hydrogen-bond acceptors (Lipinski definition) is 2. The molecule has 0 spiro atoms. The predicted octanol–water partition coefficient (Wildman–Crippen LogP) is 4.56. The monoisotopic (exact) mass is 271 g/mol. The van der Waals surface area contributed by atoms with Crippen molar-refractivity contribution in [1.29, 1.82) is 0 Å². The average molecular weight is 271 g/mol. The molecule has 3 heteroatoms. The van der Waals surface area contributed by atoms with Crippen molar-refractivity contribution in [3.05, 3.63) is 0 Å². The van der Waals surface area contributed by atoms with Gasteiger partial charge in [-0.25, -0.2) is 4.79 Å². The molecule has 19 heavy (non-hydrogen) atoms. The predicted molar refractivity (Wildman–Crippen MR) is 81.3 cm³/mol. The van der Waals surface area contributed by atoms with Gasteiger partial charge in [0.05, 0.1) is 0 Å². The van der Waals surface area contributed by atoms with Crippen molar-refractivity contribution in [3.8, 4) is 0 Å². The lowest BCUT2D eigenvalue weighted by atomic mass is 9.87. The molecule has 0 aromatic carbocycles. The maximum atomic E-state index is 12.1. The molecule has 0 rings (SSSR count). The van der Waals surface area contributed by atoms with E-state index in [9.17, 15) is 4.79 Å². The summed E-state index contributed by atoms with van der Waals surface area (Å²) in [6.07, 6.45) is 3.19. The Bertz CT molecular complexity index is 251. The van der Waals surface area contributed by atoms with Gasteiger partial charge < -0.3 is 9.64 Å². The van der Waals surface area contributed by atoms with Crippen LogP contribution >= 0.6 is 0 Å². The van der Waals surface area contributed by atoms with Crippen LogP contribution in [0.25, 0.3) is 0 Å². The van der Waals surface area contributed by atoms with Gasteiger partial charge in [0.25, 0.3) is 0 Å². The molecule has 0 N–H and O–H groups in total. The van der Waals surface area contributed by atoms with Crippen LogP contribution in [0.3, 0.4) is 0 Å². The highest BCUT2D eigenvalue weighted by molar-refractivity contribution is 5.67. The summed E-state index contributed by atoms with van der Waals surface area (Å²) >= 11 is 0. The summed E-state index contributed by atoms with van der Waals surface area (Å²) in [6.45, 7) is 13.6. The third kappa shape index (κ3) is 6.84. The molecule has 0 aromatic heterocycles. The highest BCUT2D eigenvalue weighted by atomic mass is 16.6. The quantitative estimate of drug-likeness (QED) is 0.647. The van der Waals surface area contributed by atoms with Gasteiger partial charge in [-0.1, -0.05) is 48.0 Å². The van der Waals surface area contributed by atoms with E-state index in [2.05, 4.69) is 41.5 Å². The molecule has 0 heterocycles. The van der Waals surface area contributed by atoms with Crippen LogP contribution in [0.2, 0.25) is 0 Å². The number of rotatable bonds is 8. The molecule has 0 fully saturated rings. The minimum absolute atomic E-state index is 0.0343. The first-order chi connectivity index (χ1) is 8.83. The molecule has 114 valence electrons. The smallest absolute Gasteiger partial charge is 0.409 e. The first-order valence-electron chi connectivity index (χ1n) is 7.75. The summed E-state index contributed by atoms with van der Waals surface area (Å²) in [7, 11) is 1.82. The lowest BCUT2D eigenvalue weighted by Crippen LogP contribution is -2.38. The number of hydrogen-bond donors (Lipinski definition) is 0. The maximum Gasteiger partial charge on any atom is 0.409 e. The van der Waals surface area contributed by atoms with Crippen LogP contribution in [0.15, 0.2) is 0 Å². The van der Waals surface area contributed by atoms with E-state index in [1.54, 1.807) is 4.90 Å². The SMILES string of the molecule is CCCC(CC)C(OC(=O)N(C)CC(C)C)C(C)C. The normalized spacial score (nSPS) is 14.6. The fourth-order valence-corrected chi connectivity index (χ4v) is 2.58. The van der Waals surface area contributed by atoms with Gasteiger partial charge in [-0.3, -0.25) is 0 Å². The maximum absolute atomic E-state index is 12.1. The van der Waals surface area contributed by atoms with Gasteiger partial charge in [-0.2, -0.15) is 0 Å². The first-order valence-corrected chi connectivity index (χ1v) is 7.75. The van der Waals surface area contributed by atoms with Crippen molar-refractivity contribution in [2.75, 3.05) is 13.6 Å². The number of nitrogens with zero attached hydrogens (tertiary/aromatic N) is 1. The highest BCUT2D eigenvalue weighted by Crippen LogP contribution is 2.25. The van der Waals surface area contributed by atoms with Gasteiger partial charge in [0.15, 0.2) is 0 Å². The Morgan fingerprint density at radius 2 is 1.74 bits per heavy atom. The van der Waals surface area contributed by atoms with Crippen molar-refractivity contribution in [2.45, 2.75) is 66.9 Å². The molecule has 0 aliphatic heterocycles. The van der Waals surface area contributed by atoms with Crippen LogP contribution in [0.5, 0.6) is 0 Å². The van der Waals surface area contributed by atoms with Crippen LogP contribution in [0, 0.1) is 17.8 Å². The molecule has 0 bridgehead atoms. The van der Waals surface area contributed by atoms with Crippen LogP contribution in [0.4, 0.5) is 4.79 Å². The standard InChI is InChI=1S/C16H33NO2/c1-8-10-14(9-2)15(13(5)6)19-16(18)17(7)11-12(3)4/h12-15H,8-11H2,1-7H3. The van der Waals surface area contributed by atoms with Crippen molar-refractivity contribution < 1.29 is 9.53 Å². The van der Waals surface area contributed by atoms with E-state index in [0.717, 1.165) is 25.8 Å². The van der Waals surface area contributed by atoms with Crippen molar-refractivity contribution >= 4 is 6.09 Å². The molecule has 0 aliphatic carbocycles. The Balaban J connectivity index is 4.60. The zero-order valence-electron chi connectivity index (χ0n) is 13.9. The second-order valence-corrected chi connectivity index (χ2v) is 6.32. The van der Waals surface area contributed by atoms with Crippen molar-refractivity contribution in [3.63, 3.8) is 0 Å². The van der Waals surface area contributed by atoms with Gasteiger partial charge in [0.2, 0.25) is 0 Å².